The molecule has 0 saturated carbocycles. The summed E-state index contributed by atoms with van der Waals surface area (Å²) in [5, 5.41) is 10.9. The lowest BCUT2D eigenvalue weighted by atomic mass is 10.1. The molecule has 1 saturated heterocycles. The van der Waals surface area contributed by atoms with Crippen molar-refractivity contribution >= 4 is 39.5 Å². The summed E-state index contributed by atoms with van der Waals surface area (Å²) < 4.78 is 0.796. The Kier molecular flexibility index (Phi) is 3.68. The third kappa shape index (κ3) is 2.60. The van der Waals surface area contributed by atoms with Gasteiger partial charge in [0, 0.05) is 10.0 Å². The summed E-state index contributed by atoms with van der Waals surface area (Å²) in [7, 11) is 0. The van der Waals surface area contributed by atoms with E-state index in [1.807, 2.05) is 6.07 Å². The fraction of sp³-hybridized carbons (Fsp3) is 0. The summed E-state index contributed by atoms with van der Waals surface area (Å²) in [5.74, 6) is -0.962. The molecule has 110 valence electrons. The fourth-order valence-corrected chi connectivity index (χ4v) is 2.51. The molecule has 2 N–H and O–H groups in total. The van der Waals surface area contributed by atoms with Gasteiger partial charge in [0.25, 0.3) is 11.8 Å². The number of hydrogen-bond acceptors (Lipinski definition) is 3. The fourth-order valence-electron chi connectivity index (χ4n) is 2.12. The molecule has 1 aliphatic rings. The zero-order valence-electron chi connectivity index (χ0n) is 11.3. The molecule has 2 aromatic rings. The predicted molar refractivity (Wildman–Crippen MR) is 85.9 cm³/mol. The number of anilines is 1. The summed E-state index contributed by atoms with van der Waals surface area (Å²) in [5.41, 5.74) is 3.45. The van der Waals surface area contributed by atoms with Gasteiger partial charge >= 0.3 is 0 Å². The van der Waals surface area contributed by atoms with E-state index < -0.39 is 11.8 Å². The molecular weight excluding hydrogens is 348 g/mol. The van der Waals surface area contributed by atoms with Crippen molar-refractivity contribution in [3.8, 4) is 5.75 Å². The maximum absolute atomic E-state index is 12.4. The molecule has 1 fully saturated rings. The van der Waals surface area contributed by atoms with Gasteiger partial charge in [-0.05, 0) is 30.3 Å². The first kappa shape index (κ1) is 14.3. The molecule has 0 spiro atoms. The van der Waals surface area contributed by atoms with Gasteiger partial charge in [-0.2, -0.15) is 0 Å². The number of halogens is 1. The molecule has 0 radical (unpaired) electrons. The van der Waals surface area contributed by atoms with Gasteiger partial charge in [-0.25, -0.2) is 5.01 Å². The highest BCUT2D eigenvalue weighted by atomic mass is 79.9. The van der Waals surface area contributed by atoms with Crippen molar-refractivity contribution in [1.82, 2.24) is 5.43 Å². The van der Waals surface area contributed by atoms with E-state index in [1.54, 1.807) is 36.4 Å². The molecule has 0 bridgehead atoms. The van der Waals surface area contributed by atoms with Crippen LogP contribution >= 0.6 is 15.9 Å². The third-order valence-electron chi connectivity index (χ3n) is 3.19. The van der Waals surface area contributed by atoms with Gasteiger partial charge in [0.1, 0.15) is 11.3 Å². The predicted octanol–water partition coefficient (Wildman–Crippen LogP) is 2.62. The maximum atomic E-state index is 12.4. The molecule has 1 heterocycles. The number of phenolic OH excluding ortho intramolecular Hbond substituents is 1. The second-order valence-corrected chi connectivity index (χ2v) is 5.59. The topological polar surface area (TPSA) is 69.6 Å². The quantitative estimate of drug-likeness (QED) is 0.640. The van der Waals surface area contributed by atoms with Gasteiger partial charge in [0.05, 0.1) is 5.69 Å². The van der Waals surface area contributed by atoms with Crippen LogP contribution in [0.5, 0.6) is 5.75 Å². The van der Waals surface area contributed by atoms with Gasteiger partial charge in [0.2, 0.25) is 0 Å². The number of amides is 2. The Balaban J connectivity index is 1.97. The van der Waals surface area contributed by atoms with Crippen molar-refractivity contribution in [3.63, 3.8) is 0 Å². The van der Waals surface area contributed by atoms with Gasteiger partial charge in [-0.3, -0.25) is 15.0 Å². The second-order valence-electron chi connectivity index (χ2n) is 4.68. The lowest BCUT2D eigenvalue weighted by Gasteiger charge is -2.14. The average molecular weight is 359 g/mol. The lowest BCUT2D eigenvalue weighted by Crippen LogP contribution is -2.35. The van der Waals surface area contributed by atoms with Crippen molar-refractivity contribution < 1.29 is 14.7 Å². The van der Waals surface area contributed by atoms with Crippen LogP contribution in [-0.2, 0) is 9.59 Å². The van der Waals surface area contributed by atoms with Crippen LogP contribution in [0.2, 0.25) is 0 Å². The van der Waals surface area contributed by atoms with Gasteiger partial charge in [-0.1, -0.05) is 40.2 Å². The second kappa shape index (κ2) is 5.65. The van der Waals surface area contributed by atoms with Crippen LogP contribution in [0.1, 0.15) is 5.56 Å². The number of rotatable bonds is 2. The Morgan fingerprint density at radius 3 is 2.59 bits per heavy atom. The Morgan fingerprint density at radius 2 is 1.86 bits per heavy atom. The molecule has 3 rings (SSSR count). The van der Waals surface area contributed by atoms with Gasteiger partial charge < -0.3 is 5.11 Å². The third-order valence-corrected chi connectivity index (χ3v) is 3.69. The first-order valence-electron chi connectivity index (χ1n) is 6.47. The Bertz CT molecular complexity index is 801. The number of carbonyl (C=O) groups is 2. The molecule has 0 unspecified atom stereocenters. The van der Waals surface area contributed by atoms with E-state index in [1.165, 1.54) is 17.2 Å². The van der Waals surface area contributed by atoms with Crippen molar-refractivity contribution in [3.05, 3.63) is 64.1 Å². The minimum absolute atomic E-state index is 0.0107. The lowest BCUT2D eigenvalue weighted by molar-refractivity contribution is -0.117. The van der Waals surface area contributed by atoms with Crippen molar-refractivity contribution in [2.45, 2.75) is 0 Å². The Morgan fingerprint density at radius 1 is 1.09 bits per heavy atom. The number of hydrogen-bond donors (Lipinski definition) is 2. The first-order chi connectivity index (χ1) is 10.6. The van der Waals surface area contributed by atoms with Crippen molar-refractivity contribution in [2.75, 3.05) is 5.01 Å². The van der Waals surface area contributed by atoms with Crippen LogP contribution < -0.4 is 10.4 Å². The normalized spacial score (nSPS) is 16.2. The van der Waals surface area contributed by atoms with E-state index in [0.717, 1.165) is 4.47 Å². The molecular formula is C16H11BrN2O3. The number of phenols is 1. The minimum atomic E-state index is -0.506. The zero-order valence-corrected chi connectivity index (χ0v) is 12.9. The van der Waals surface area contributed by atoms with E-state index in [9.17, 15) is 14.7 Å². The van der Waals surface area contributed by atoms with Crippen LogP contribution in [0.4, 0.5) is 5.69 Å². The van der Waals surface area contributed by atoms with E-state index in [-0.39, 0.29) is 11.3 Å². The summed E-state index contributed by atoms with van der Waals surface area (Å²) in [6, 6.07) is 13.5. The van der Waals surface area contributed by atoms with Gasteiger partial charge in [-0.15, -0.1) is 0 Å². The zero-order chi connectivity index (χ0) is 15.7. The number of para-hydroxylation sites is 1. The standard InChI is InChI=1S/C16H11BrN2O3/c17-11-5-3-6-12(9-11)19-16(22)13(15(21)18-19)8-10-4-1-2-7-14(10)20/h1-9,20H,(H,18,21)/b13-8-. The van der Waals surface area contributed by atoms with Crippen LogP contribution in [0.25, 0.3) is 6.08 Å². The minimum Gasteiger partial charge on any atom is -0.507 e. The summed E-state index contributed by atoms with van der Waals surface area (Å²) >= 11 is 3.32. The van der Waals surface area contributed by atoms with Crippen LogP contribution in [0.3, 0.4) is 0 Å². The smallest absolute Gasteiger partial charge is 0.282 e. The molecule has 6 heteroatoms. The maximum Gasteiger partial charge on any atom is 0.282 e. The monoisotopic (exact) mass is 358 g/mol. The first-order valence-corrected chi connectivity index (χ1v) is 7.26. The van der Waals surface area contributed by atoms with Gasteiger partial charge in [0.15, 0.2) is 0 Å². The van der Waals surface area contributed by atoms with Crippen LogP contribution in [0, 0.1) is 0 Å². The molecule has 0 atom stereocenters. The highest BCUT2D eigenvalue weighted by molar-refractivity contribution is 9.10. The average Bonchev–Trinajstić information content (AvgIpc) is 2.77. The molecule has 5 nitrogen and oxygen atoms in total. The summed E-state index contributed by atoms with van der Waals surface area (Å²) in [6.45, 7) is 0. The number of carbonyl (C=O) groups excluding carboxylic acids is 2. The number of benzene rings is 2. The number of nitrogens with one attached hydrogen (secondary N) is 1. The number of aromatic hydroxyl groups is 1. The number of hydrazine groups is 1. The van der Waals surface area contributed by atoms with E-state index in [4.69, 9.17) is 0 Å². The molecule has 0 aliphatic carbocycles. The Hall–Kier alpha value is -2.60. The molecule has 1 aliphatic heterocycles. The van der Waals surface area contributed by atoms with E-state index >= 15 is 0 Å². The van der Waals surface area contributed by atoms with Crippen molar-refractivity contribution in [2.24, 2.45) is 0 Å². The van der Waals surface area contributed by atoms with E-state index in [0.29, 0.717) is 11.3 Å². The number of nitrogens with zero attached hydrogens (tertiary/aromatic N) is 1. The summed E-state index contributed by atoms with van der Waals surface area (Å²) in [4.78, 5) is 24.5. The molecule has 0 aromatic heterocycles. The molecule has 2 aromatic carbocycles. The van der Waals surface area contributed by atoms with Crippen molar-refractivity contribution in [1.29, 1.82) is 0 Å². The molecule has 22 heavy (non-hydrogen) atoms. The SMILES string of the molecule is O=C1NN(c2cccc(Br)c2)C(=O)/C1=C\c1ccccc1O. The highest BCUT2D eigenvalue weighted by Gasteiger charge is 2.34. The summed E-state index contributed by atoms with van der Waals surface area (Å²) in [6.07, 6.45) is 1.38. The Labute approximate surface area is 135 Å². The van der Waals surface area contributed by atoms with E-state index in [2.05, 4.69) is 21.4 Å². The highest BCUT2D eigenvalue weighted by Crippen LogP contribution is 2.26. The largest absolute Gasteiger partial charge is 0.507 e. The van der Waals surface area contributed by atoms with Crippen LogP contribution in [-0.4, -0.2) is 16.9 Å². The van der Waals surface area contributed by atoms with Crippen LogP contribution in [0.15, 0.2) is 58.6 Å². The molecule has 2 amide bonds.